The molecule has 0 saturated heterocycles. The Morgan fingerprint density at radius 2 is 1.95 bits per heavy atom. The highest BCUT2D eigenvalue weighted by atomic mass is 35.5. The summed E-state index contributed by atoms with van der Waals surface area (Å²) in [5.74, 6) is -0.165. The Balaban J connectivity index is 1.64. The maximum absolute atomic E-state index is 12.2. The van der Waals surface area contributed by atoms with Crippen molar-refractivity contribution in [2.45, 2.75) is 43.9 Å². The summed E-state index contributed by atoms with van der Waals surface area (Å²) in [6.07, 6.45) is 2.56. The molecule has 2 aromatic carbocycles. The Morgan fingerprint density at radius 3 is 2.57 bits per heavy atom. The molecule has 1 aliphatic carbocycles. The quantitative estimate of drug-likeness (QED) is 0.296. The van der Waals surface area contributed by atoms with Crippen molar-refractivity contribution in [3.63, 3.8) is 0 Å². The van der Waals surface area contributed by atoms with Crippen LogP contribution in [0.15, 0.2) is 52.7 Å². The second-order valence-corrected chi connectivity index (χ2v) is 11.8. The molecule has 37 heavy (non-hydrogen) atoms. The summed E-state index contributed by atoms with van der Waals surface area (Å²) < 4.78 is 30.4. The number of ether oxygens (including phenoxy) is 1. The Morgan fingerprint density at radius 1 is 1.22 bits per heavy atom. The van der Waals surface area contributed by atoms with E-state index in [4.69, 9.17) is 26.6 Å². The average molecular weight is 557 g/mol. The fourth-order valence-electron chi connectivity index (χ4n) is 4.19. The molecular formula is C26H25ClN4O4S2. The fourth-order valence-corrected chi connectivity index (χ4v) is 5.65. The number of hydrogen-bond donors (Lipinski definition) is 1. The van der Waals surface area contributed by atoms with Gasteiger partial charge in [-0.3, -0.25) is 0 Å². The van der Waals surface area contributed by atoms with Crippen LogP contribution in [0.5, 0.6) is 0 Å². The molecule has 0 amide bonds. The number of esters is 1. The lowest BCUT2D eigenvalue weighted by molar-refractivity contribution is 0.0520. The van der Waals surface area contributed by atoms with E-state index in [1.165, 1.54) is 23.5 Å². The number of carbonyl (C=O) groups is 1. The Kier molecular flexibility index (Phi) is 6.93. The summed E-state index contributed by atoms with van der Waals surface area (Å²) in [6.45, 7) is 3.97. The predicted octanol–water partition coefficient (Wildman–Crippen LogP) is 5.25. The Bertz CT molecular complexity index is 1590. The highest BCUT2D eigenvalue weighted by molar-refractivity contribution is 7.89. The van der Waals surface area contributed by atoms with Crippen molar-refractivity contribution in [2.75, 3.05) is 6.61 Å². The van der Waals surface area contributed by atoms with Gasteiger partial charge in [0.1, 0.15) is 0 Å². The van der Waals surface area contributed by atoms with Crippen LogP contribution in [0.4, 0.5) is 0 Å². The van der Waals surface area contributed by atoms with E-state index < -0.39 is 16.0 Å². The molecule has 2 aromatic heterocycles. The standard InChI is InChI=1S/C26H25ClN4O4S2/c1-3-35-25(32)22-14-36-26(29-22)31-24(17-8-9-17)20(12-16-5-10-19(11-6-16)37(28,33)34)23(30-31)18-7-4-15(2)21(27)13-18/h4-7,10-11,13-14,17H,3,8-9,12H2,1-2H3,(H2,28,33,34). The van der Waals surface area contributed by atoms with Gasteiger partial charge in [0.15, 0.2) is 5.69 Å². The van der Waals surface area contributed by atoms with Gasteiger partial charge in [0.2, 0.25) is 15.2 Å². The van der Waals surface area contributed by atoms with E-state index in [1.54, 1.807) is 24.4 Å². The zero-order valence-electron chi connectivity index (χ0n) is 20.3. The van der Waals surface area contributed by atoms with Crippen LogP contribution < -0.4 is 5.14 Å². The minimum atomic E-state index is -3.78. The summed E-state index contributed by atoms with van der Waals surface area (Å²) in [5.41, 5.74) is 5.82. The molecule has 0 radical (unpaired) electrons. The third kappa shape index (κ3) is 5.33. The van der Waals surface area contributed by atoms with Gasteiger partial charge in [-0.25, -0.2) is 28.0 Å². The lowest BCUT2D eigenvalue weighted by atomic mass is 9.97. The van der Waals surface area contributed by atoms with Crippen LogP contribution in [0.2, 0.25) is 5.02 Å². The highest BCUT2D eigenvalue weighted by Crippen LogP contribution is 2.46. The van der Waals surface area contributed by atoms with Crippen molar-refractivity contribution >= 4 is 38.9 Å². The second kappa shape index (κ2) is 10.0. The molecule has 4 aromatic rings. The number of nitrogens with two attached hydrogens (primary N) is 1. The molecule has 1 saturated carbocycles. The monoisotopic (exact) mass is 556 g/mol. The third-order valence-electron chi connectivity index (χ3n) is 6.22. The van der Waals surface area contributed by atoms with Crippen LogP contribution >= 0.6 is 22.9 Å². The van der Waals surface area contributed by atoms with E-state index in [0.29, 0.717) is 22.5 Å². The topological polar surface area (TPSA) is 117 Å². The van der Waals surface area contributed by atoms with Crippen LogP contribution in [-0.4, -0.2) is 35.8 Å². The van der Waals surface area contributed by atoms with Gasteiger partial charge in [-0.05, 0) is 56.0 Å². The van der Waals surface area contributed by atoms with Crippen molar-refractivity contribution in [1.29, 1.82) is 0 Å². The first-order valence-electron chi connectivity index (χ1n) is 11.8. The van der Waals surface area contributed by atoms with E-state index in [-0.39, 0.29) is 17.2 Å². The summed E-state index contributed by atoms with van der Waals surface area (Å²) in [7, 11) is -3.78. The zero-order chi connectivity index (χ0) is 26.3. The van der Waals surface area contributed by atoms with Gasteiger partial charge in [0, 0.05) is 33.9 Å². The van der Waals surface area contributed by atoms with Gasteiger partial charge in [0.05, 0.1) is 22.9 Å². The summed E-state index contributed by atoms with van der Waals surface area (Å²) >= 11 is 7.81. The molecule has 192 valence electrons. The number of sulfonamides is 1. The number of halogens is 1. The summed E-state index contributed by atoms with van der Waals surface area (Å²) in [4.78, 5) is 16.8. The van der Waals surface area contributed by atoms with E-state index in [1.807, 2.05) is 29.8 Å². The van der Waals surface area contributed by atoms with Crippen molar-refractivity contribution < 1.29 is 17.9 Å². The first kappa shape index (κ1) is 25.6. The van der Waals surface area contributed by atoms with Crippen LogP contribution in [-0.2, 0) is 21.2 Å². The summed E-state index contributed by atoms with van der Waals surface area (Å²) in [6, 6.07) is 12.4. The molecule has 5 rings (SSSR count). The van der Waals surface area contributed by atoms with Gasteiger partial charge in [0.25, 0.3) is 0 Å². The first-order chi connectivity index (χ1) is 17.7. The Hall–Kier alpha value is -3.05. The number of hydrogen-bond acceptors (Lipinski definition) is 7. The molecule has 1 fully saturated rings. The summed E-state index contributed by atoms with van der Waals surface area (Å²) in [5, 5.41) is 13.2. The second-order valence-electron chi connectivity index (χ2n) is 8.96. The molecular weight excluding hydrogens is 532 g/mol. The van der Waals surface area contributed by atoms with Crippen molar-refractivity contribution in [3.8, 4) is 16.4 Å². The molecule has 2 N–H and O–H groups in total. The van der Waals surface area contributed by atoms with E-state index in [2.05, 4.69) is 4.98 Å². The van der Waals surface area contributed by atoms with Crippen LogP contribution in [0.3, 0.4) is 0 Å². The van der Waals surface area contributed by atoms with E-state index in [9.17, 15) is 13.2 Å². The normalized spacial score (nSPS) is 13.6. The molecule has 2 heterocycles. The molecule has 0 spiro atoms. The van der Waals surface area contributed by atoms with Crippen molar-refractivity contribution in [3.05, 3.63) is 80.9 Å². The first-order valence-corrected chi connectivity index (χ1v) is 14.6. The number of thiazole rings is 1. The fraction of sp³-hybridized carbons (Fsp3) is 0.269. The van der Waals surface area contributed by atoms with E-state index >= 15 is 0 Å². The minimum Gasteiger partial charge on any atom is -0.461 e. The highest BCUT2D eigenvalue weighted by Gasteiger charge is 2.34. The van der Waals surface area contributed by atoms with Gasteiger partial charge in [-0.1, -0.05) is 35.9 Å². The van der Waals surface area contributed by atoms with Gasteiger partial charge >= 0.3 is 5.97 Å². The molecule has 0 unspecified atom stereocenters. The number of carbonyl (C=O) groups excluding carboxylic acids is 1. The number of benzene rings is 2. The van der Waals surface area contributed by atoms with Gasteiger partial charge < -0.3 is 4.74 Å². The number of primary sulfonamides is 1. The molecule has 1 aliphatic rings. The molecule has 0 atom stereocenters. The maximum Gasteiger partial charge on any atom is 0.357 e. The third-order valence-corrected chi connectivity index (χ3v) is 8.38. The number of aryl methyl sites for hydroxylation is 1. The number of rotatable bonds is 8. The van der Waals surface area contributed by atoms with Crippen LogP contribution in [0.25, 0.3) is 16.4 Å². The largest absolute Gasteiger partial charge is 0.461 e. The van der Waals surface area contributed by atoms with Crippen molar-refractivity contribution in [2.24, 2.45) is 5.14 Å². The molecule has 0 bridgehead atoms. The van der Waals surface area contributed by atoms with Crippen LogP contribution in [0.1, 0.15) is 58.6 Å². The van der Waals surface area contributed by atoms with Crippen LogP contribution in [0, 0.1) is 6.92 Å². The molecule has 11 heteroatoms. The smallest absolute Gasteiger partial charge is 0.357 e. The zero-order valence-corrected chi connectivity index (χ0v) is 22.7. The molecule has 8 nitrogen and oxygen atoms in total. The maximum atomic E-state index is 12.2. The number of nitrogens with zero attached hydrogens (tertiary/aromatic N) is 3. The predicted molar refractivity (Wildman–Crippen MR) is 143 cm³/mol. The lowest BCUT2D eigenvalue weighted by Gasteiger charge is -2.09. The lowest BCUT2D eigenvalue weighted by Crippen LogP contribution is -2.11. The van der Waals surface area contributed by atoms with Gasteiger partial charge in [-0.2, -0.15) is 5.10 Å². The molecule has 0 aliphatic heterocycles. The van der Waals surface area contributed by atoms with E-state index in [0.717, 1.165) is 46.5 Å². The number of aromatic nitrogens is 3. The van der Waals surface area contributed by atoms with Crippen molar-refractivity contribution in [1.82, 2.24) is 14.8 Å². The minimum absolute atomic E-state index is 0.0641. The average Bonchev–Trinajstić information content (AvgIpc) is 3.44. The Labute approximate surface area is 224 Å². The van der Waals surface area contributed by atoms with Gasteiger partial charge in [-0.15, -0.1) is 11.3 Å². The SMILES string of the molecule is CCOC(=O)c1csc(-n2nc(-c3ccc(C)c(Cl)c3)c(Cc3ccc(S(N)(=O)=O)cc3)c2C2CC2)n1.